The fraction of sp³-hybridized carbons (Fsp3) is 0.333. The summed E-state index contributed by atoms with van der Waals surface area (Å²) in [5.41, 5.74) is -0.337. The summed E-state index contributed by atoms with van der Waals surface area (Å²) in [6, 6.07) is 8.81. The van der Waals surface area contributed by atoms with Crippen molar-refractivity contribution in [2.24, 2.45) is 0 Å². The predicted octanol–water partition coefficient (Wildman–Crippen LogP) is 1.12. The molecular weight excluding hydrogens is 206 g/mol. The lowest BCUT2D eigenvalue weighted by Crippen LogP contribution is -2.49. The average molecular weight is 219 g/mol. The van der Waals surface area contributed by atoms with Crippen molar-refractivity contribution < 1.29 is 14.3 Å². The molecule has 0 aromatic heterocycles. The number of hydrogen-bond donors (Lipinski definition) is 1. The summed E-state index contributed by atoms with van der Waals surface area (Å²) in [5.74, 6) is -0.612. The number of amides is 1. The Morgan fingerprint density at radius 1 is 1.38 bits per heavy atom. The maximum atomic E-state index is 11.8. The lowest BCUT2D eigenvalue weighted by molar-refractivity contribution is -0.142. The van der Waals surface area contributed by atoms with Gasteiger partial charge >= 0.3 is 5.97 Å². The van der Waals surface area contributed by atoms with Crippen LogP contribution in [0.25, 0.3) is 0 Å². The van der Waals surface area contributed by atoms with Crippen LogP contribution in [-0.2, 0) is 9.53 Å². The van der Waals surface area contributed by atoms with Gasteiger partial charge in [-0.3, -0.25) is 4.79 Å². The van der Waals surface area contributed by atoms with E-state index in [2.05, 4.69) is 5.32 Å². The van der Waals surface area contributed by atoms with Gasteiger partial charge in [-0.15, -0.1) is 0 Å². The molecule has 1 aromatic carbocycles. The molecule has 0 saturated carbocycles. The van der Waals surface area contributed by atoms with Gasteiger partial charge in [0.15, 0.2) is 0 Å². The van der Waals surface area contributed by atoms with Crippen LogP contribution in [0, 0.1) is 0 Å². The normalized spacial score (nSPS) is 23.9. The van der Waals surface area contributed by atoms with Crippen molar-refractivity contribution in [3.05, 3.63) is 35.9 Å². The number of nitrogens with one attached hydrogen (secondary N) is 1. The molecule has 0 aliphatic carbocycles. The Bertz CT molecular complexity index is 416. The molecule has 1 aliphatic rings. The molecule has 1 fully saturated rings. The van der Waals surface area contributed by atoms with Gasteiger partial charge in [0, 0.05) is 12.0 Å². The van der Waals surface area contributed by atoms with Gasteiger partial charge in [0.05, 0.1) is 6.61 Å². The second kappa shape index (κ2) is 3.96. The quantitative estimate of drug-likeness (QED) is 0.758. The number of cyclic esters (lactones) is 1. The van der Waals surface area contributed by atoms with Crippen LogP contribution in [0.2, 0.25) is 0 Å². The fourth-order valence-electron chi connectivity index (χ4n) is 1.64. The number of ether oxygens (including phenoxy) is 1. The molecule has 0 bridgehead atoms. The SMILES string of the molecule is C[C@]1(NC(=O)c2ccccc2)CCOC1=O. The number of benzene rings is 1. The van der Waals surface area contributed by atoms with Gasteiger partial charge in [-0.2, -0.15) is 0 Å². The van der Waals surface area contributed by atoms with E-state index in [0.29, 0.717) is 18.6 Å². The smallest absolute Gasteiger partial charge is 0.331 e. The van der Waals surface area contributed by atoms with Gasteiger partial charge in [-0.1, -0.05) is 18.2 Å². The van der Waals surface area contributed by atoms with Gasteiger partial charge in [-0.25, -0.2) is 4.79 Å². The second-order valence-corrected chi connectivity index (χ2v) is 4.04. The number of esters is 1. The first-order valence-electron chi connectivity index (χ1n) is 5.17. The molecule has 84 valence electrons. The first-order chi connectivity index (χ1) is 7.62. The van der Waals surface area contributed by atoms with Crippen LogP contribution in [0.4, 0.5) is 0 Å². The summed E-state index contributed by atoms with van der Waals surface area (Å²) in [6.45, 7) is 2.05. The van der Waals surface area contributed by atoms with E-state index in [9.17, 15) is 9.59 Å². The fourth-order valence-corrected chi connectivity index (χ4v) is 1.64. The van der Waals surface area contributed by atoms with Crippen molar-refractivity contribution in [2.75, 3.05) is 6.61 Å². The summed E-state index contributed by atoms with van der Waals surface area (Å²) >= 11 is 0. The minimum absolute atomic E-state index is 0.248. The molecule has 4 nitrogen and oxygen atoms in total. The molecule has 1 heterocycles. The van der Waals surface area contributed by atoms with E-state index in [1.807, 2.05) is 6.07 Å². The van der Waals surface area contributed by atoms with E-state index in [0.717, 1.165) is 0 Å². The predicted molar refractivity (Wildman–Crippen MR) is 57.9 cm³/mol. The van der Waals surface area contributed by atoms with Gasteiger partial charge in [0.25, 0.3) is 5.91 Å². The number of hydrogen-bond acceptors (Lipinski definition) is 3. The first-order valence-corrected chi connectivity index (χ1v) is 5.17. The molecule has 1 atom stereocenters. The maximum Gasteiger partial charge on any atom is 0.331 e. The Morgan fingerprint density at radius 3 is 2.62 bits per heavy atom. The van der Waals surface area contributed by atoms with Gasteiger partial charge in [0.1, 0.15) is 5.54 Å². The molecule has 1 N–H and O–H groups in total. The molecule has 0 spiro atoms. The zero-order valence-electron chi connectivity index (χ0n) is 9.03. The highest BCUT2D eigenvalue weighted by molar-refractivity contribution is 5.98. The summed E-state index contributed by atoms with van der Waals surface area (Å²) < 4.78 is 4.85. The molecule has 0 radical (unpaired) electrons. The summed E-state index contributed by atoms with van der Waals surface area (Å²) in [4.78, 5) is 23.3. The maximum absolute atomic E-state index is 11.8. The Labute approximate surface area is 93.6 Å². The molecule has 0 unspecified atom stereocenters. The monoisotopic (exact) mass is 219 g/mol. The summed E-state index contributed by atoms with van der Waals surface area (Å²) in [5, 5.41) is 2.71. The van der Waals surface area contributed by atoms with E-state index in [1.54, 1.807) is 31.2 Å². The lowest BCUT2D eigenvalue weighted by atomic mass is 10.0. The first kappa shape index (κ1) is 10.7. The van der Waals surface area contributed by atoms with Crippen LogP contribution in [0.15, 0.2) is 30.3 Å². The van der Waals surface area contributed by atoms with E-state index in [1.165, 1.54) is 0 Å². The van der Waals surface area contributed by atoms with Crippen molar-refractivity contribution in [1.29, 1.82) is 0 Å². The van der Waals surface area contributed by atoms with Crippen molar-refractivity contribution in [1.82, 2.24) is 5.32 Å². The van der Waals surface area contributed by atoms with Gasteiger partial charge in [-0.05, 0) is 19.1 Å². The van der Waals surface area contributed by atoms with Crippen LogP contribution in [0.3, 0.4) is 0 Å². The zero-order valence-corrected chi connectivity index (χ0v) is 9.03. The average Bonchev–Trinajstić information content (AvgIpc) is 2.60. The van der Waals surface area contributed by atoms with Crippen LogP contribution in [-0.4, -0.2) is 24.0 Å². The minimum Gasteiger partial charge on any atom is -0.464 e. The van der Waals surface area contributed by atoms with Gasteiger partial charge in [0.2, 0.25) is 0 Å². The topological polar surface area (TPSA) is 55.4 Å². The van der Waals surface area contributed by atoms with Gasteiger partial charge < -0.3 is 10.1 Å². The third kappa shape index (κ3) is 1.91. The van der Waals surface area contributed by atoms with E-state index in [-0.39, 0.29) is 11.9 Å². The van der Waals surface area contributed by atoms with Crippen molar-refractivity contribution in [3.63, 3.8) is 0 Å². The van der Waals surface area contributed by atoms with Crippen LogP contribution < -0.4 is 5.32 Å². The standard InChI is InChI=1S/C12H13NO3/c1-12(7-8-16-11(12)15)13-10(14)9-5-3-2-4-6-9/h2-6H,7-8H2,1H3,(H,13,14)/t12-/m0/s1. The number of rotatable bonds is 2. The Kier molecular flexibility index (Phi) is 2.64. The van der Waals surface area contributed by atoms with E-state index < -0.39 is 5.54 Å². The lowest BCUT2D eigenvalue weighted by Gasteiger charge is -2.20. The summed E-state index contributed by atoms with van der Waals surface area (Å²) in [7, 11) is 0. The zero-order chi connectivity index (χ0) is 11.6. The Hall–Kier alpha value is -1.84. The van der Waals surface area contributed by atoms with Crippen LogP contribution in [0.5, 0.6) is 0 Å². The minimum atomic E-state index is -0.882. The molecule has 1 amide bonds. The molecule has 1 saturated heterocycles. The molecule has 16 heavy (non-hydrogen) atoms. The molecule has 4 heteroatoms. The highest BCUT2D eigenvalue weighted by atomic mass is 16.5. The van der Waals surface area contributed by atoms with E-state index >= 15 is 0 Å². The number of carbonyl (C=O) groups excluding carboxylic acids is 2. The largest absolute Gasteiger partial charge is 0.464 e. The molecule has 1 aliphatic heterocycles. The highest BCUT2D eigenvalue weighted by Gasteiger charge is 2.41. The molecule has 1 aromatic rings. The highest BCUT2D eigenvalue weighted by Crippen LogP contribution is 2.19. The summed E-state index contributed by atoms with van der Waals surface area (Å²) in [6.07, 6.45) is 0.518. The van der Waals surface area contributed by atoms with E-state index in [4.69, 9.17) is 4.74 Å². The molecular formula is C12H13NO3. The Morgan fingerprint density at radius 2 is 2.06 bits per heavy atom. The van der Waals surface area contributed by atoms with Crippen molar-refractivity contribution in [3.8, 4) is 0 Å². The third-order valence-corrected chi connectivity index (χ3v) is 2.71. The third-order valence-electron chi connectivity index (χ3n) is 2.71. The van der Waals surface area contributed by atoms with Crippen molar-refractivity contribution in [2.45, 2.75) is 18.9 Å². The molecule has 2 rings (SSSR count). The van der Waals surface area contributed by atoms with Crippen molar-refractivity contribution >= 4 is 11.9 Å². The van der Waals surface area contributed by atoms with Crippen LogP contribution >= 0.6 is 0 Å². The number of carbonyl (C=O) groups is 2. The second-order valence-electron chi connectivity index (χ2n) is 4.04. The Balaban J connectivity index is 2.11. The van der Waals surface area contributed by atoms with Crippen LogP contribution in [0.1, 0.15) is 23.7 Å².